The minimum atomic E-state index is -0.904. The van der Waals surface area contributed by atoms with Gasteiger partial charge in [0.1, 0.15) is 5.82 Å². The fourth-order valence-corrected chi connectivity index (χ4v) is 2.11. The summed E-state index contributed by atoms with van der Waals surface area (Å²) in [7, 11) is 0. The van der Waals surface area contributed by atoms with Crippen molar-refractivity contribution in [2.75, 3.05) is 5.32 Å². The Morgan fingerprint density at radius 2 is 1.96 bits per heavy atom. The Labute approximate surface area is 135 Å². The largest absolute Gasteiger partial charge is 0.449 e. The number of carbonyl (C=O) groups is 2. The molecule has 0 aliphatic carbocycles. The standard InChI is InChI=1S/C17H21N3O3/c1-11(2)20-15(8-9-18-20)19-16(21)13(4)23-17(22)14-7-5-6-12(3)10-14/h5-11,13H,1-4H3,(H,19,21). The van der Waals surface area contributed by atoms with Gasteiger partial charge in [-0.05, 0) is 39.8 Å². The Balaban J connectivity index is 2.00. The molecule has 0 saturated carbocycles. The molecule has 1 heterocycles. The van der Waals surface area contributed by atoms with Gasteiger partial charge in [-0.2, -0.15) is 5.10 Å². The van der Waals surface area contributed by atoms with E-state index in [1.807, 2.05) is 26.8 Å². The molecule has 122 valence electrons. The average molecular weight is 315 g/mol. The minimum Gasteiger partial charge on any atom is -0.449 e. The number of esters is 1. The average Bonchev–Trinajstić information content (AvgIpc) is 2.95. The topological polar surface area (TPSA) is 73.2 Å². The summed E-state index contributed by atoms with van der Waals surface area (Å²) in [5, 5.41) is 6.86. The number of ether oxygens (including phenoxy) is 1. The molecule has 1 unspecified atom stereocenters. The minimum absolute atomic E-state index is 0.116. The van der Waals surface area contributed by atoms with Gasteiger partial charge in [0, 0.05) is 12.1 Å². The molecule has 0 radical (unpaired) electrons. The number of hydrogen-bond acceptors (Lipinski definition) is 4. The van der Waals surface area contributed by atoms with Crippen LogP contribution in [-0.2, 0) is 9.53 Å². The van der Waals surface area contributed by atoms with Crippen LogP contribution in [0.4, 0.5) is 5.82 Å². The Hall–Kier alpha value is -2.63. The van der Waals surface area contributed by atoms with Crippen LogP contribution < -0.4 is 5.32 Å². The van der Waals surface area contributed by atoms with Crippen LogP contribution >= 0.6 is 0 Å². The highest BCUT2D eigenvalue weighted by Crippen LogP contribution is 2.14. The van der Waals surface area contributed by atoms with E-state index in [-0.39, 0.29) is 6.04 Å². The number of nitrogens with zero attached hydrogens (tertiary/aromatic N) is 2. The lowest BCUT2D eigenvalue weighted by molar-refractivity contribution is -0.123. The summed E-state index contributed by atoms with van der Waals surface area (Å²) >= 11 is 0. The van der Waals surface area contributed by atoms with Gasteiger partial charge in [0.05, 0.1) is 11.8 Å². The van der Waals surface area contributed by atoms with Gasteiger partial charge in [0.2, 0.25) is 0 Å². The summed E-state index contributed by atoms with van der Waals surface area (Å²) < 4.78 is 6.91. The molecular formula is C17H21N3O3. The predicted molar refractivity (Wildman–Crippen MR) is 87.3 cm³/mol. The molecule has 0 saturated heterocycles. The number of amides is 1. The Morgan fingerprint density at radius 1 is 1.22 bits per heavy atom. The van der Waals surface area contributed by atoms with E-state index in [9.17, 15) is 9.59 Å². The summed E-state index contributed by atoms with van der Waals surface area (Å²) in [4.78, 5) is 24.3. The van der Waals surface area contributed by atoms with Crippen molar-refractivity contribution in [1.82, 2.24) is 9.78 Å². The molecule has 23 heavy (non-hydrogen) atoms. The lowest BCUT2D eigenvalue weighted by Crippen LogP contribution is -2.31. The summed E-state index contributed by atoms with van der Waals surface area (Å²) in [6.45, 7) is 7.35. The van der Waals surface area contributed by atoms with Crippen LogP contribution in [0, 0.1) is 6.92 Å². The predicted octanol–water partition coefficient (Wildman–Crippen LogP) is 2.96. The zero-order valence-electron chi connectivity index (χ0n) is 13.7. The second-order valence-electron chi connectivity index (χ2n) is 5.66. The lowest BCUT2D eigenvalue weighted by Gasteiger charge is -2.15. The molecule has 6 nitrogen and oxygen atoms in total. The van der Waals surface area contributed by atoms with Crippen LogP contribution in [0.15, 0.2) is 36.5 Å². The third kappa shape index (κ3) is 4.18. The maximum Gasteiger partial charge on any atom is 0.338 e. The van der Waals surface area contributed by atoms with Crippen LogP contribution in [0.2, 0.25) is 0 Å². The van der Waals surface area contributed by atoms with Gasteiger partial charge in [-0.25, -0.2) is 9.48 Å². The van der Waals surface area contributed by atoms with Gasteiger partial charge in [0.15, 0.2) is 6.10 Å². The van der Waals surface area contributed by atoms with Gasteiger partial charge in [-0.1, -0.05) is 17.7 Å². The van der Waals surface area contributed by atoms with Crippen molar-refractivity contribution in [2.24, 2.45) is 0 Å². The molecule has 0 spiro atoms. The number of carbonyl (C=O) groups excluding carboxylic acids is 2. The number of rotatable bonds is 5. The summed E-state index contributed by atoms with van der Waals surface area (Å²) in [5.41, 5.74) is 1.38. The normalized spacial score (nSPS) is 12.0. The molecule has 0 fully saturated rings. The Kier molecular flexibility index (Phi) is 5.16. The van der Waals surface area contributed by atoms with Crippen molar-refractivity contribution in [3.05, 3.63) is 47.7 Å². The highest BCUT2D eigenvalue weighted by Gasteiger charge is 2.20. The van der Waals surface area contributed by atoms with Crippen LogP contribution in [0.25, 0.3) is 0 Å². The number of nitrogens with one attached hydrogen (secondary N) is 1. The van der Waals surface area contributed by atoms with Crippen molar-refractivity contribution in [3.8, 4) is 0 Å². The maximum absolute atomic E-state index is 12.2. The van der Waals surface area contributed by atoms with E-state index in [2.05, 4.69) is 10.4 Å². The molecule has 1 amide bonds. The SMILES string of the molecule is Cc1cccc(C(=O)OC(C)C(=O)Nc2ccnn2C(C)C)c1. The van der Waals surface area contributed by atoms with Crippen LogP contribution in [-0.4, -0.2) is 27.8 Å². The van der Waals surface area contributed by atoms with Crippen LogP contribution in [0.1, 0.15) is 42.7 Å². The molecule has 2 aromatic rings. The van der Waals surface area contributed by atoms with Gasteiger partial charge < -0.3 is 10.1 Å². The van der Waals surface area contributed by atoms with Crippen LogP contribution in [0.3, 0.4) is 0 Å². The summed E-state index contributed by atoms with van der Waals surface area (Å²) in [5.74, 6) is -0.342. The third-order valence-corrected chi connectivity index (χ3v) is 3.32. The molecule has 1 aromatic carbocycles. The molecule has 1 aromatic heterocycles. The zero-order valence-corrected chi connectivity index (χ0v) is 13.7. The quantitative estimate of drug-likeness (QED) is 0.861. The molecular weight excluding hydrogens is 294 g/mol. The number of hydrogen-bond donors (Lipinski definition) is 1. The van der Waals surface area contributed by atoms with Crippen molar-refractivity contribution in [2.45, 2.75) is 39.8 Å². The highest BCUT2D eigenvalue weighted by molar-refractivity contribution is 5.96. The molecule has 1 N–H and O–H groups in total. The second-order valence-corrected chi connectivity index (χ2v) is 5.66. The third-order valence-electron chi connectivity index (χ3n) is 3.32. The fraction of sp³-hybridized carbons (Fsp3) is 0.353. The molecule has 2 rings (SSSR count). The van der Waals surface area contributed by atoms with E-state index >= 15 is 0 Å². The summed E-state index contributed by atoms with van der Waals surface area (Å²) in [6.07, 6.45) is 0.706. The van der Waals surface area contributed by atoms with E-state index in [4.69, 9.17) is 4.74 Å². The summed E-state index contributed by atoms with van der Waals surface area (Å²) in [6, 6.07) is 8.87. The van der Waals surface area contributed by atoms with Crippen molar-refractivity contribution < 1.29 is 14.3 Å². The molecule has 1 atom stereocenters. The van der Waals surface area contributed by atoms with E-state index in [0.717, 1.165) is 5.56 Å². The number of benzene rings is 1. The van der Waals surface area contributed by atoms with E-state index in [1.165, 1.54) is 0 Å². The smallest absolute Gasteiger partial charge is 0.338 e. The first-order valence-electron chi connectivity index (χ1n) is 7.50. The first-order valence-corrected chi connectivity index (χ1v) is 7.50. The van der Waals surface area contributed by atoms with Gasteiger partial charge in [0.25, 0.3) is 5.91 Å². The van der Waals surface area contributed by atoms with Crippen molar-refractivity contribution in [3.63, 3.8) is 0 Å². The molecule has 0 aliphatic heterocycles. The molecule has 0 aliphatic rings. The number of anilines is 1. The van der Waals surface area contributed by atoms with E-state index in [1.54, 1.807) is 42.1 Å². The number of aromatic nitrogens is 2. The fourth-order valence-electron chi connectivity index (χ4n) is 2.11. The van der Waals surface area contributed by atoms with Gasteiger partial charge in [-0.15, -0.1) is 0 Å². The Morgan fingerprint density at radius 3 is 2.61 bits per heavy atom. The van der Waals surface area contributed by atoms with E-state index < -0.39 is 18.0 Å². The Bertz CT molecular complexity index is 707. The second kappa shape index (κ2) is 7.09. The van der Waals surface area contributed by atoms with Gasteiger partial charge >= 0.3 is 5.97 Å². The van der Waals surface area contributed by atoms with Crippen LogP contribution in [0.5, 0.6) is 0 Å². The molecule has 6 heteroatoms. The maximum atomic E-state index is 12.2. The first-order chi connectivity index (χ1) is 10.9. The number of aryl methyl sites for hydroxylation is 1. The monoisotopic (exact) mass is 315 g/mol. The highest BCUT2D eigenvalue weighted by atomic mass is 16.5. The zero-order chi connectivity index (χ0) is 17.0. The van der Waals surface area contributed by atoms with E-state index in [0.29, 0.717) is 11.4 Å². The first kappa shape index (κ1) is 16.7. The van der Waals surface area contributed by atoms with Gasteiger partial charge in [-0.3, -0.25) is 4.79 Å². The lowest BCUT2D eigenvalue weighted by atomic mass is 10.1. The van der Waals surface area contributed by atoms with Crippen molar-refractivity contribution >= 4 is 17.7 Å². The van der Waals surface area contributed by atoms with Crippen molar-refractivity contribution in [1.29, 1.82) is 0 Å². The molecule has 0 bridgehead atoms.